The fourth-order valence-corrected chi connectivity index (χ4v) is 1.64. The molecule has 1 unspecified atom stereocenters. The Morgan fingerprint density at radius 3 is 2.41 bits per heavy atom. The van der Waals surface area contributed by atoms with Crippen LogP contribution in [0.15, 0.2) is 12.1 Å². The lowest BCUT2D eigenvalue weighted by Gasteiger charge is -2.21. The zero-order chi connectivity index (χ0) is 13.2. The lowest BCUT2D eigenvalue weighted by atomic mass is 9.79. The van der Waals surface area contributed by atoms with Gasteiger partial charge in [-0.25, -0.2) is 13.2 Å². The fraction of sp³-hybridized carbons (Fsp3) is 0.333. The average Bonchev–Trinajstić information content (AvgIpc) is 2.24. The highest BCUT2D eigenvalue weighted by Gasteiger charge is 2.33. The molecule has 1 aromatic rings. The highest BCUT2D eigenvalue weighted by Crippen LogP contribution is 2.31. The number of carbonyl (C=O) groups excluding carboxylic acids is 1. The summed E-state index contributed by atoms with van der Waals surface area (Å²) in [6, 6.07) is 3.49. The van der Waals surface area contributed by atoms with E-state index in [1.807, 2.05) is 0 Å². The molecular weight excluding hydrogens is 231 g/mol. The quantitative estimate of drug-likeness (QED) is 0.763. The van der Waals surface area contributed by atoms with Crippen molar-refractivity contribution >= 4 is 5.78 Å². The molecule has 1 aromatic carbocycles. The van der Waals surface area contributed by atoms with Crippen LogP contribution in [0.4, 0.5) is 13.2 Å². The summed E-state index contributed by atoms with van der Waals surface area (Å²) in [5, 5.41) is 8.99. The molecule has 5 heteroatoms. The maximum Gasteiger partial charge on any atom is 0.194 e. The Morgan fingerprint density at radius 1 is 1.35 bits per heavy atom. The first-order valence-electron chi connectivity index (χ1n) is 4.86. The summed E-state index contributed by atoms with van der Waals surface area (Å²) in [6.45, 7) is 2.55. The van der Waals surface area contributed by atoms with E-state index in [4.69, 9.17) is 5.26 Å². The van der Waals surface area contributed by atoms with Crippen LogP contribution < -0.4 is 0 Å². The van der Waals surface area contributed by atoms with Gasteiger partial charge in [0, 0.05) is 12.0 Å². The number of halogens is 3. The van der Waals surface area contributed by atoms with Crippen LogP contribution in [0.5, 0.6) is 0 Å². The standard InChI is InChI=1S/C12H10F3NO/c1-7(17)5-12(2,6-16)8-3-4-9(13)11(15)10(8)14/h3-4H,5H2,1-2H3. The lowest BCUT2D eigenvalue weighted by Crippen LogP contribution is -2.25. The molecule has 0 aliphatic heterocycles. The molecule has 0 saturated heterocycles. The van der Waals surface area contributed by atoms with E-state index in [0.717, 1.165) is 12.1 Å². The SMILES string of the molecule is CC(=O)CC(C)(C#N)c1ccc(F)c(F)c1F. The molecular formula is C12H10F3NO. The van der Waals surface area contributed by atoms with Gasteiger partial charge in [-0.2, -0.15) is 5.26 Å². The molecule has 0 N–H and O–H groups in total. The van der Waals surface area contributed by atoms with Gasteiger partial charge in [0.2, 0.25) is 0 Å². The molecule has 90 valence electrons. The first kappa shape index (κ1) is 13.2. The van der Waals surface area contributed by atoms with Crippen molar-refractivity contribution in [2.24, 2.45) is 0 Å². The van der Waals surface area contributed by atoms with Gasteiger partial charge in [-0.3, -0.25) is 4.79 Å². The molecule has 17 heavy (non-hydrogen) atoms. The second-order valence-corrected chi connectivity index (χ2v) is 4.05. The zero-order valence-electron chi connectivity index (χ0n) is 9.35. The van der Waals surface area contributed by atoms with Crippen LogP contribution in [0.1, 0.15) is 25.8 Å². The highest BCUT2D eigenvalue weighted by atomic mass is 19.2. The minimum Gasteiger partial charge on any atom is -0.300 e. The van der Waals surface area contributed by atoms with E-state index >= 15 is 0 Å². The van der Waals surface area contributed by atoms with Gasteiger partial charge in [-0.15, -0.1) is 0 Å². The number of nitriles is 1. The van der Waals surface area contributed by atoms with Gasteiger partial charge in [0.05, 0.1) is 11.5 Å². The maximum atomic E-state index is 13.5. The summed E-state index contributed by atoms with van der Waals surface area (Å²) in [5.74, 6) is -4.71. The maximum absolute atomic E-state index is 13.5. The predicted molar refractivity (Wildman–Crippen MR) is 54.6 cm³/mol. The third-order valence-corrected chi connectivity index (χ3v) is 2.48. The van der Waals surface area contributed by atoms with Gasteiger partial charge < -0.3 is 0 Å². The van der Waals surface area contributed by atoms with Gasteiger partial charge in [0.15, 0.2) is 17.5 Å². The molecule has 1 atom stereocenters. The van der Waals surface area contributed by atoms with Gasteiger partial charge in [0.1, 0.15) is 5.78 Å². The Morgan fingerprint density at radius 2 is 1.94 bits per heavy atom. The number of ketones is 1. The minimum absolute atomic E-state index is 0.258. The van der Waals surface area contributed by atoms with E-state index in [1.54, 1.807) is 6.07 Å². The molecule has 1 rings (SSSR count). The van der Waals surface area contributed by atoms with Gasteiger partial charge >= 0.3 is 0 Å². The van der Waals surface area contributed by atoms with Crippen molar-refractivity contribution in [3.05, 3.63) is 35.1 Å². The van der Waals surface area contributed by atoms with Crippen LogP contribution in [-0.2, 0) is 10.2 Å². The Balaban J connectivity index is 3.37. The Labute approximate surface area is 96.7 Å². The van der Waals surface area contributed by atoms with Crippen LogP contribution >= 0.6 is 0 Å². The first-order chi connectivity index (χ1) is 7.81. The van der Waals surface area contributed by atoms with Crippen LogP contribution in [0.3, 0.4) is 0 Å². The van der Waals surface area contributed by atoms with E-state index < -0.39 is 22.9 Å². The minimum atomic E-state index is -1.63. The Hall–Kier alpha value is -1.83. The third kappa shape index (κ3) is 2.47. The van der Waals surface area contributed by atoms with E-state index in [9.17, 15) is 18.0 Å². The van der Waals surface area contributed by atoms with Crippen LogP contribution in [0.2, 0.25) is 0 Å². The molecule has 0 heterocycles. The number of rotatable bonds is 3. The van der Waals surface area contributed by atoms with Crippen molar-refractivity contribution in [2.75, 3.05) is 0 Å². The van der Waals surface area contributed by atoms with E-state index in [-0.39, 0.29) is 17.8 Å². The third-order valence-electron chi connectivity index (χ3n) is 2.48. The summed E-state index contributed by atoms with van der Waals surface area (Å²) in [5.41, 5.74) is -1.81. The molecule has 2 nitrogen and oxygen atoms in total. The summed E-state index contributed by atoms with van der Waals surface area (Å²) in [6.07, 6.45) is -0.258. The van der Waals surface area contributed by atoms with Crippen LogP contribution in [0, 0.1) is 28.8 Å². The highest BCUT2D eigenvalue weighted by molar-refractivity contribution is 5.77. The lowest BCUT2D eigenvalue weighted by molar-refractivity contribution is -0.117. The van der Waals surface area contributed by atoms with Crippen LogP contribution in [0.25, 0.3) is 0 Å². The van der Waals surface area contributed by atoms with E-state index in [0.29, 0.717) is 0 Å². The molecule has 0 spiro atoms. The summed E-state index contributed by atoms with van der Waals surface area (Å²) in [4.78, 5) is 11.0. The molecule has 0 aromatic heterocycles. The largest absolute Gasteiger partial charge is 0.300 e. The Kier molecular flexibility index (Phi) is 3.56. The monoisotopic (exact) mass is 241 g/mol. The van der Waals surface area contributed by atoms with Crippen LogP contribution in [-0.4, -0.2) is 5.78 Å². The van der Waals surface area contributed by atoms with Crippen molar-refractivity contribution < 1.29 is 18.0 Å². The smallest absolute Gasteiger partial charge is 0.194 e. The summed E-state index contributed by atoms with van der Waals surface area (Å²) < 4.78 is 39.3. The van der Waals surface area contributed by atoms with Crippen molar-refractivity contribution in [1.82, 2.24) is 0 Å². The Bertz CT molecular complexity index is 507. The van der Waals surface area contributed by atoms with Gasteiger partial charge in [0.25, 0.3) is 0 Å². The van der Waals surface area contributed by atoms with Crippen molar-refractivity contribution in [2.45, 2.75) is 25.7 Å². The molecule has 0 radical (unpaired) electrons. The number of benzene rings is 1. The van der Waals surface area contributed by atoms with E-state index in [2.05, 4.69) is 0 Å². The second kappa shape index (κ2) is 4.58. The van der Waals surface area contributed by atoms with E-state index in [1.165, 1.54) is 13.8 Å². The second-order valence-electron chi connectivity index (χ2n) is 4.05. The number of carbonyl (C=O) groups is 1. The number of Topliss-reactive ketones (excluding diaryl/α,β-unsaturated/α-hetero) is 1. The van der Waals surface area contributed by atoms with Crippen molar-refractivity contribution in [3.63, 3.8) is 0 Å². The summed E-state index contributed by atoms with van der Waals surface area (Å²) >= 11 is 0. The molecule has 0 aliphatic carbocycles. The summed E-state index contributed by atoms with van der Waals surface area (Å²) in [7, 11) is 0. The normalized spacial score (nSPS) is 13.9. The zero-order valence-corrected chi connectivity index (χ0v) is 9.35. The number of nitrogens with zero attached hydrogens (tertiary/aromatic N) is 1. The van der Waals surface area contributed by atoms with Crippen molar-refractivity contribution in [3.8, 4) is 6.07 Å². The van der Waals surface area contributed by atoms with Gasteiger partial charge in [-0.1, -0.05) is 6.07 Å². The molecule has 0 aliphatic rings. The fourth-order valence-electron chi connectivity index (χ4n) is 1.64. The first-order valence-corrected chi connectivity index (χ1v) is 4.86. The predicted octanol–water partition coefficient (Wildman–Crippen LogP) is 2.86. The molecule has 0 fully saturated rings. The molecule has 0 saturated carbocycles. The number of hydrogen-bond donors (Lipinski definition) is 0. The number of hydrogen-bond acceptors (Lipinski definition) is 2. The molecule has 0 amide bonds. The average molecular weight is 241 g/mol. The van der Waals surface area contributed by atoms with Gasteiger partial charge in [-0.05, 0) is 19.9 Å². The van der Waals surface area contributed by atoms with Crippen molar-refractivity contribution in [1.29, 1.82) is 5.26 Å². The molecule has 0 bridgehead atoms. The topological polar surface area (TPSA) is 40.9 Å².